The van der Waals surface area contributed by atoms with E-state index in [0.717, 1.165) is 29.1 Å². The van der Waals surface area contributed by atoms with Crippen molar-refractivity contribution in [1.29, 1.82) is 5.26 Å². The predicted octanol–water partition coefficient (Wildman–Crippen LogP) is 4.85. The molecule has 0 aliphatic rings. The fourth-order valence-electron chi connectivity index (χ4n) is 3.50. The Labute approximate surface area is 197 Å². The average Bonchev–Trinajstić information content (AvgIpc) is 2.80. The molecule has 0 spiro atoms. The summed E-state index contributed by atoms with van der Waals surface area (Å²) in [5.74, 6) is 0. The number of halogens is 1. The highest BCUT2D eigenvalue weighted by molar-refractivity contribution is 7.92. The molecule has 4 rings (SSSR count). The molecule has 0 bridgehead atoms. The van der Waals surface area contributed by atoms with Crippen molar-refractivity contribution in [3.8, 4) is 17.2 Å². The van der Waals surface area contributed by atoms with Gasteiger partial charge in [-0.15, -0.1) is 0 Å². The van der Waals surface area contributed by atoms with E-state index in [9.17, 15) is 13.7 Å². The van der Waals surface area contributed by atoms with Gasteiger partial charge in [0.2, 0.25) is 10.0 Å². The largest absolute Gasteiger partial charge is 0.383 e. The number of sulfonamides is 1. The van der Waals surface area contributed by atoms with Gasteiger partial charge in [0.1, 0.15) is 6.07 Å². The van der Waals surface area contributed by atoms with Crippen LogP contribution in [0.1, 0.15) is 11.1 Å². The minimum atomic E-state index is -3.51. The molecular formula is C24H20ClN5O2S. The van der Waals surface area contributed by atoms with Gasteiger partial charge in [-0.2, -0.15) is 5.26 Å². The number of anilines is 2. The van der Waals surface area contributed by atoms with Crippen molar-refractivity contribution in [3.63, 3.8) is 0 Å². The molecule has 0 unspecified atom stereocenters. The fourth-order valence-corrected chi connectivity index (χ4v) is 4.26. The maximum Gasteiger partial charge on any atom is 0.229 e. The third-order valence-electron chi connectivity index (χ3n) is 5.01. The SMILES string of the molecule is CS(=O)(=O)Nc1cc(-c2ccc3ncc(C#N)c(NCCc4ccccc4)c3c2)cnc1Cl. The molecule has 0 radical (unpaired) electrons. The molecule has 7 nitrogen and oxygen atoms in total. The Morgan fingerprint density at radius 2 is 1.82 bits per heavy atom. The van der Waals surface area contributed by atoms with Gasteiger partial charge in [-0.3, -0.25) is 9.71 Å². The monoisotopic (exact) mass is 477 g/mol. The number of rotatable bonds is 7. The Hall–Kier alpha value is -3.67. The normalized spacial score (nSPS) is 11.2. The highest BCUT2D eigenvalue weighted by atomic mass is 35.5. The molecule has 0 atom stereocenters. The molecule has 2 N–H and O–H groups in total. The van der Waals surface area contributed by atoms with Crippen molar-refractivity contribution in [1.82, 2.24) is 9.97 Å². The van der Waals surface area contributed by atoms with E-state index in [4.69, 9.17) is 11.6 Å². The van der Waals surface area contributed by atoms with Crippen molar-refractivity contribution < 1.29 is 8.42 Å². The summed E-state index contributed by atoms with van der Waals surface area (Å²) in [6.07, 6.45) is 4.98. The van der Waals surface area contributed by atoms with Gasteiger partial charge in [0, 0.05) is 29.9 Å². The number of hydrogen-bond acceptors (Lipinski definition) is 6. The Bertz CT molecular complexity index is 1470. The van der Waals surface area contributed by atoms with E-state index in [0.29, 0.717) is 23.4 Å². The topological polar surface area (TPSA) is 108 Å². The highest BCUT2D eigenvalue weighted by Crippen LogP contribution is 2.32. The molecular weight excluding hydrogens is 458 g/mol. The number of nitrogens with zero attached hydrogens (tertiary/aromatic N) is 3. The van der Waals surface area contributed by atoms with E-state index in [-0.39, 0.29) is 10.8 Å². The summed E-state index contributed by atoms with van der Waals surface area (Å²) < 4.78 is 25.7. The van der Waals surface area contributed by atoms with Crippen LogP contribution in [0.5, 0.6) is 0 Å². The molecule has 2 aromatic carbocycles. The second-order valence-electron chi connectivity index (χ2n) is 7.49. The van der Waals surface area contributed by atoms with Crippen LogP contribution in [-0.2, 0) is 16.4 Å². The lowest BCUT2D eigenvalue weighted by atomic mass is 10.0. The minimum Gasteiger partial charge on any atom is -0.383 e. The van der Waals surface area contributed by atoms with Crippen LogP contribution in [0.2, 0.25) is 5.15 Å². The van der Waals surface area contributed by atoms with Gasteiger partial charge in [0.25, 0.3) is 0 Å². The Kier molecular flexibility index (Phi) is 6.45. The Morgan fingerprint density at radius 1 is 1.03 bits per heavy atom. The first-order valence-corrected chi connectivity index (χ1v) is 12.4. The summed E-state index contributed by atoms with van der Waals surface area (Å²) in [6.45, 7) is 0.646. The number of pyridine rings is 2. The first-order valence-electron chi connectivity index (χ1n) is 10.1. The molecule has 166 valence electrons. The summed E-state index contributed by atoms with van der Waals surface area (Å²) in [5, 5.41) is 13.9. The lowest BCUT2D eigenvalue weighted by Crippen LogP contribution is -2.10. The molecule has 2 aromatic heterocycles. The number of nitriles is 1. The number of hydrogen-bond donors (Lipinski definition) is 2. The van der Waals surface area contributed by atoms with Crippen LogP contribution < -0.4 is 10.0 Å². The zero-order chi connectivity index (χ0) is 23.4. The van der Waals surface area contributed by atoms with Crippen molar-refractivity contribution in [2.45, 2.75) is 6.42 Å². The third kappa shape index (κ3) is 5.40. The van der Waals surface area contributed by atoms with Crippen LogP contribution in [0.25, 0.3) is 22.0 Å². The van der Waals surface area contributed by atoms with E-state index in [1.807, 2.05) is 36.4 Å². The molecule has 0 saturated carbocycles. The first kappa shape index (κ1) is 22.5. The van der Waals surface area contributed by atoms with E-state index in [2.05, 4.69) is 38.2 Å². The van der Waals surface area contributed by atoms with Crippen molar-refractivity contribution in [2.24, 2.45) is 0 Å². The van der Waals surface area contributed by atoms with Crippen LogP contribution in [-0.4, -0.2) is 31.2 Å². The molecule has 0 aliphatic carbocycles. The van der Waals surface area contributed by atoms with E-state index in [1.165, 1.54) is 5.56 Å². The minimum absolute atomic E-state index is 0.0571. The zero-order valence-electron chi connectivity index (χ0n) is 17.7. The van der Waals surface area contributed by atoms with Crippen LogP contribution in [0.3, 0.4) is 0 Å². The standard InChI is InChI=1S/C24H20ClN5O2S/c1-33(31,32)30-22-12-18(14-29-24(22)25)17-7-8-21-20(11-17)23(19(13-26)15-28-21)27-10-9-16-5-3-2-4-6-16/h2-8,11-12,14-15,30H,9-10H2,1H3,(H,27,28). The van der Waals surface area contributed by atoms with Crippen LogP contribution in [0.4, 0.5) is 11.4 Å². The summed E-state index contributed by atoms with van der Waals surface area (Å²) in [6, 6.07) is 19.6. The van der Waals surface area contributed by atoms with Crippen LogP contribution in [0, 0.1) is 11.3 Å². The molecule has 0 fully saturated rings. The van der Waals surface area contributed by atoms with E-state index in [1.54, 1.807) is 18.5 Å². The van der Waals surface area contributed by atoms with Gasteiger partial charge in [-0.05, 0) is 35.7 Å². The van der Waals surface area contributed by atoms with Crippen molar-refractivity contribution in [2.75, 3.05) is 22.8 Å². The molecule has 33 heavy (non-hydrogen) atoms. The molecule has 0 aliphatic heterocycles. The zero-order valence-corrected chi connectivity index (χ0v) is 19.3. The van der Waals surface area contributed by atoms with Gasteiger partial charge in [0.05, 0.1) is 28.7 Å². The maximum atomic E-state index is 11.6. The fraction of sp³-hybridized carbons (Fsp3) is 0.125. The van der Waals surface area contributed by atoms with Gasteiger partial charge < -0.3 is 5.32 Å². The van der Waals surface area contributed by atoms with Crippen LogP contribution in [0.15, 0.2) is 67.0 Å². The predicted molar refractivity (Wildman–Crippen MR) is 132 cm³/mol. The summed E-state index contributed by atoms with van der Waals surface area (Å²) >= 11 is 6.06. The lowest BCUT2D eigenvalue weighted by Gasteiger charge is -2.13. The van der Waals surface area contributed by atoms with Crippen molar-refractivity contribution >= 4 is 43.9 Å². The molecule has 0 amide bonds. The number of nitrogens with one attached hydrogen (secondary N) is 2. The number of aromatic nitrogens is 2. The summed E-state index contributed by atoms with van der Waals surface area (Å²) in [7, 11) is -3.51. The number of benzene rings is 2. The maximum absolute atomic E-state index is 11.6. The Morgan fingerprint density at radius 3 is 2.55 bits per heavy atom. The molecule has 2 heterocycles. The third-order valence-corrected chi connectivity index (χ3v) is 5.91. The van der Waals surface area contributed by atoms with E-state index < -0.39 is 10.0 Å². The molecule has 4 aromatic rings. The van der Waals surface area contributed by atoms with Gasteiger partial charge in [0.15, 0.2) is 5.15 Å². The second kappa shape index (κ2) is 9.45. The summed E-state index contributed by atoms with van der Waals surface area (Å²) in [4.78, 5) is 8.52. The quantitative estimate of drug-likeness (QED) is 0.368. The highest BCUT2D eigenvalue weighted by Gasteiger charge is 2.13. The average molecular weight is 478 g/mol. The van der Waals surface area contributed by atoms with E-state index >= 15 is 0 Å². The van der Waals surface area contributed by atoms with Crippen LogP contribution >= 0.6 is 11.6 Å². The Balaban J connectivity index is 1.71. The molecule has 9 heteroatoms. The van der Waals surface area contributed by atoms with Gasteiger partial charge in [-0.25, -0.2) is 13.4 Å². The first-order chi connectivity index (χ1) is 15.8. The van der Waals surface area contributed by atoms with Gasteiger partial charge in [-0.1, -0.05) is 48.0 Å². The lowest BCUT2D eigenvalue weighted by molar-refractivity contribution is 0.607. The second-order valence-corrected chi connectivity index (χ2v) is 9.60. The van der Waals surface area contributed by atoms with Crippen molar-refractivity contribution in [3.05, 3.63) is 83.3 Å². The smallest absolute Gasteiger partial charge is 0.229 e. The molecule has 0 saturated heterocycles. The summed E-state index contributed by atoms with van der Waals surface area (Å²) in [5.41, 5.74) is 4.73. The number of fused-ring (bicyclic) bond motifs is 1. The van der Waals surface area contributed by atoms with Gasteiger partial charge >= 0.3 is 0 Å².